The average Bonchev–Trinajstić information content (AvgIpc) is 2.67. The van der Waals surface area contributed by atoms with Crippen molar-refractivity contribution in [3.8, 4) is 0 Å². The van der Waals surface area contributed by atoms with Gasteiger partial charge in [0.15, 0.2) is 0 Å². The summed E-state index contributed by atoms with van der Waals surface area (Å²) in [5, 5.41) is 13.4. The third-order valence-electron chi connectivity index (χ3n) is 4.38. The van der Waals surface area contributed by atoms with E-state index in [1.165, 1.54) is 39.2 Å². The monoisotopic (exact) mass is 341 g/mol. The van der Waals surface area contributed by atoms with E-state index in [2.05, 4.69) is 24.1 Å². The van der Waals surface area contributed by atoms with Crippen molar-refractivity contribution in [1.29, 1.82) is 0 Å². The summed E-state index contributed by atoms with van der Waals surface area (Å²) in [5.74, 6) is 0.295. The summed E-state index contributed by atoms with van der Waals surface area (Å²) in [6.07, 6.45) is 14.4. The predicted octanol–water partition coefficient (Wildman–Crippen LogP) is 3.71. The molecule has 0 aromatic heterocycles. The number of nitrogens with two attached hydrogens (primary N) is 2. The van der Waals surface area contributed by atoms with Crippen molar-refractivity contribution >= 4 is 0 Å². The molecular weight excluding hydrogens is 298 g/mol. The van der Waals surface area contributed by atoms with Crippen LogP contribution < -0.4 is 16.8 Å². The molecule has 0 aromatic carbocycles. The highest BCUT2D eigenvalue weighted by Crippen LogP contribution is 2.21. The standard InChI is InChI=1S/C17H32N2O.C2H6.CH5N/c1-3-17(19-16-10-5-4-6-11-16)15(13-20)9-7-8-14(2)12-18;2*1-2/h7-8,12,15-17,19-20H,3-6,9-11,13,18H2,1-2H3;1-2H3;2H2,1H3/b8-7-,14-12-;;. The summed E-state index contributed by atoms with van der Waals surface area (Å²) in [6.45, 7) is 8.44. The van der Waals surface area contributed by atoms with Crippen molar-refractivity contribution in [2.24, 2.45) is 17.4 Å². The molecule has 0 aromatic rings. The molecule has 0 aliphatic heterocycles. The zero-order valence-corrected chi connectivity index (χ0v) is 16.7. The SMILES string of the molecule is CC.CCC(NC1CCCCC1)C(CO)C/C=C\C(C)=C/N.CN. The van der Waals surface area contributed by atoms with Gasteiger partial charge in [0.25, 0.3) is 0 Å². The number of aliphatic hydroxyl groups excluding tert-OH is 1. The van der Waals surface area contributed by atoms with Crippen LogP contribution in [-0.4, -0.2) is 30.8 Å². The van der Waals surface area contributed by atoms with Crippen LogP contribution >= 0.6 is 0 Å². The topological polar surface area (TPSA) is 84.3 Å². The lowest BCUT2D eigenvalue weighted by molar-refractivity contribution is 0.173. The lowest BCUT2D eigenvalue weighted by atomic mass is 9.90. The number of aliphatic hydroxyl groups is 1. The molecule has 2 unspecified atom stereocenters. The Bertz CT molecular complexity index is 310. The lowest BCUT2D eigenvalue weighted by Crippen LogP contribution is -2.44. The van der Waals surface area contributed by atoms with Crippen LogP contribution in [0.2, 0.25) is 0 Å². The first-order chi connectivity index (χ1) is 11.7. The van der Waals surface area contributed by atoms with E-state index in [9.17, 15) is 5.11 Å². The molecule has 1 aliphatic rings. The van der Waals surface area contributed by atoms with Crippen molar-refractivity contribution in [3.63, 3.8) is 0 Å². The van der Waals surface area contributed by atoms with Crippen LogP contribution in [0.25, 0.3) is 0 Å². The zero-order chi connectivity index (χ0) is 18.8. The van der Waals surface area contributed by atoms with Gasteiger partial charge in [0.1, 0.15) is 0 Å². The molecule has 1 saturated carbocycles. The minimum absolute atomic E-state index is 0.244. The van der Waals surface area contributed by atoms with Gasteiger partial charge >= 0.3 is 0 Å². The lowest BCUT2D eigenvalue weighted by Gasteiger charge is -2.32. The molecule has 0 saturated heterocycles. The molecule has 0 bridgehead atoms. The largest absolute Gasteiger partial charge is 0.404 e. The summed E-state index contributed by atoms with van der Waals surface area (Å²) in [6, 6.07) is 1.06. The normalized spacial score (nSPS) is 18.2. The number of hydrogen-bond acceptors (Lipinski definition) is 4. The van der Waals surface area contributed by atoms with Gasteiger partial charge in [-0.1, -0.05) is 52.2 Å². The number of allylic oxidation sites excluding steroid dienone is 3. The number of rotatable bonds is 8. The van der Waals surface area contributed by atoms with E-state index < -0.39 is 0 Å². The Morgan fingerprint density at radius 1 is 1.21 bits per heavy atom. The highest BCUT2D eigenvalue weighted by molar-refractivity contribution is 5.14. The molecule has 1 fully saturated rings. The fourth-order valence-electron chi connectivity index (χ4n) is 3.01. The van der Waals surface area contributed by atoms with Gasteiger partial charge in [0, 0.05) is 24.6 Å². The molecule has 0 heterocycles. The Hall–Kier alpha value is -0.840. The van der Waals surface area contributed by atoms with Gasteiger partial charge < -0.3 is 21.9 Å². The Labute approximate surface area is 150 Å². The van der Waals surface area contributed by atoms with Crippen molar-refractivity contribution in [1.82, 2.24) is 5.32 Å². The Morgan fingerprint density at radius 2 is 1.79 bits per heavy atom. The summed E-state index contributed by atoms with van der Waals surface area (Å²) < 4.78 is 0. The predicted molar refractivity (Wildman–Crippen MR) is 108 cm³/mol. The van der Waals surface area contributed by atoms with E-state index in [-0.39, 0.29) is 6.61 Å². The molecule has 6 N–H and O–H groups in total. The minimum Gasteiger partial charge on any atom is -0.404 e. The van der Waals surface area contributed by atoms with Gasteiger partial charge in [-0.05, 0) is 51.4 Å². The number of hydrogen-bond donors (Lipinski definition) is 4. The summed E-state index contributed by atoms with van der Waals surface area (Å²) >= 11 is 0. The highest BCUT2D eigenvalue weighted by atomic mass is 16.3. The molecule has 2 atom stereocenters. The number of nitrogens with one attached hydrogen (secondary N) is 1. The molecule has 24 heavy (non-hydrogen) atoms. The van der Waals surface area contributed by atoms with E-state index in [0.717, 1.165) is 18.4 Å². The summed E-state index contributed by atoms with van der Waals surface area (Å²) in [5.41, 5.74) is 11.0. The van der Waals surface area contributed by atoms with E-state index >= 15 is 0 Å². The van der Waals surface area contributed by atoms with Gasteiger partial charge in [-0.15, -0.1) is 0 Å². The van der Waals surface area contributed by atoms with Gasteiger partial charge in [-0.25, -0.2) is 0 Å². The van der Waals surface area contributed by atoms with Crippen LogP contribution in [0.4, 0.5) is 0 Å². The third-order valence-corrected chi connectivity index (χ3v) is 4.38. The molecular formula is C20H43N3O. The van der Waals surface area contributed by atoms with Crippen LogP contribution in [0.1, 0.15) is 72.6 Å². The van der Waals surface area contributed by atoms with Crippen LogP contribution in [0.15, 0.2) is 23.9 Å². The van der Waals surface area contributed by atoms with Crippen molar-refractivity contribution in [2.45, 2.75) is 84.7 Å². The minimum atomic E-state index is 0.244. The first-order valence-electron chi connectivity index (χ1n) is 9.70. The molecule has 0 radical (unpaired) electrons. The van der Waals surface area contributed by atoms with Crippen LogP contribution in [0, 0.1) is 5.92 Å². The fourth-order valence-corrected chi connectivity index (χ4v) is 3.01. The molecule has 1 aliphatic carbocycles. The molecule has 144 valence electrons. The zero-order valence-electron chi connectivity index (χ0n) is 16.7. The Kier molecular flexibility index (Phi) is 19.6. The van der Waals surface area contributed by atoms with E-state index in [4.69, 9.17) is 5.73 Å². The van der Waals surface area contributed by atoms with Gasteiger partial charge in [0.05, 0.1) is 0 Å². The van der Waals surface area contributed by atoms with E-state index in [1.54, 1.807) is 6.20 Å². The second kappa shape index (κ2) is 18.5. The van der Waals surface area contributed by atoms with E-state index in [0.29, 0.717) is 18.0 Å². The Morgan fingerprint density at radius 3 is 2.25 bits per heavy atom. The second-order valence-corrected chi connectivity index (χ2v) is 6.01. The molecule has 1 rings (SSSR count). The maximum absolute atomic E-state index is 9.67. The quantitative estimate of drug-likeness (QED) is 0.507. The third kappa shape index (κ3) is 11.7. The van der Waals surface area contributed by atoms with Gasteiger partial charge in [0.2, 0.25) is 0 Å². The van der Waals surface area contributed by atoms with Crippen molar-refractivity contribution in [3.05, 3.63) is 23.9 Å². The average molecular weight is 342 g/mol. The van der Waals surface area contributed by atoms with Crippen LogP contribution in [0.3, 0.4) is 0 Å². The smallest absolute Gasteiger partial charge is 0.0477 e. The molecule has 0 spiro atoms. The highest BCUT2D eigenvalue weighted by Gasteiger charge is 2.22. The van der Waals surface area contributed by atoms with Crippen molar-refractivity contribution in [2.75, 3.05) is 13.7 Å². The fraction of sp³-hybridized carbons (Fsp3) is 0.800. The van der Waals surface area contributed by atoms with Gasteiger partial charge in [-0.2, -0.15) is 0 Å². The first kappa shape index (κ1) is 25.4. The van der Waals surface area contributed by atoms with E-state index in [1.807, 2.05) is 26.8 Å². The molecule has 4 nitrogen and oxygen atoms in total. The Balaban J connectivity index is 0. The maximum Gasteiger partial charge on any atom is 0.0477 e. The first-order valence-corrected chi connectivity index (χ1v) is 9.70. The molecule has 4 heteroatoms. The van der Waals surface area contributed by atoms with Gasteiger partial charge in [-0.3, -0.25) is 0 Å². The maximum atomic E-state index is 9.67. The van der Waals surface area contributed by atoms with Crippen molar-refractivity contribution < 1.29 is 5.11 Å². The second-order valence-electron chi connectivity index (χ2n) is 6.01. The molecule has 0 amide bonds. The summed E-state index contributed by atoms with van der Waals surface area (Å²) in [4.78, 5) is 0. The van der Waals surface area contributed by atoms with Crippen LogP contribution in [-0.2, 0) is 0 Å². The summed E-state index contributed by atoms with van der Waals surface area (Å²) in [7, 11) is 1.50. The van der Waals surface area contributed by atoms with Crippen LogP contribution in [0.5, 0.6) is 0 Å².